The van der Waals surface area contributed by atoms with Gasteiger partial charge in [-0.3, -0.25) is 9.59 Å². The standard InChI is InChI=1S/C17H17N3O3/c1-12(21)19-14-8-5-9-15(10-14)23-20-16(11-17(18)22)13-6-3-2-4-7-13/h2-10H,11H2,1H3,(H2,18,22)(H,19,21)/b20-16+. The quantitative estimate of drug-likeness (QED) is 0.633. The van der Waals surface area contributed by atoms with Gasteiger partial charge in [0.15, 0.2) is 5.75 Å². The maximum Gasteiger partial charge on any atom is 0.223 e. The van der Waals surface area contributed by atoms with Gasteiger partial charge in [-0.25, -0.2) is 0 Å². The summed E-state index contributed by atoms with van der Waals surface area (Å²) >= 11 is 0. The summed E-state index contributed by atoms with van der Waals surface area (Å²) in [4.78, 5) is 27.6. The van der Waals surface area contributed by atoms with E-state index in [0.29, 0.717) is 17.1 Å². The van der Waals surface area contributed by atoms with E-state index in [0.717, 1.165) is 5.56 Å². The zero-order valence-electron chi connectivity index (χ0n) is 12.7. The Bertz CT molecular complexity index is 727. The van der Waals surface area contributed by atoms with Crippen LogP contribution in [-0.2, 0) is 9.59 Å². The molecule has 0 unspecified atom stereocenters. The van der Waals surface area contributed by atoms with Crippen LogP contribution in [0.2, 0.25) is 0 Å². The Hall–Kier alpha value is -3.15. The van der Waals surface area contributed by atoms with Gasteiger partial charge in [0.2, 0.25) is 11.8 Å². The molecule has 2 rings (SSSR count). The second kappa shape index (κ2) is 7.74. The summed E-state index contributed by atoms with van der Waals surface area (Å²) in [5.41, 5.74) is 7.04. The lowest BCUT2D eigenvalue weighted by molar-refractivity contribution is -0.117. The Kier molecular flexibility index (Phi) is 5.46. The molecule has 23 heavy (non-hydrogen) atoms. The van der Waals surface area contributed by atoms with Gasteiger partial charge in [-0.15, -0.1) is 0 Å². The van der Waals surface area contributed by atoms with Crippen LogP contribution < -0.4 is 15.9 Å². The molecular weight excluding hydrogens is 294 g/mol. The first-order valence-corrected chi connectivity index (χ1v) is 7.00. The number of carbonyl (C=O) groups excluding carboxylic acids is 2. The highest BCUT2D eigenvalue weighted by Crippen LogP contribution is 2.18. The van der Waals surface area contributed by atoms with Crippen molar-refractivity contribution in [2.45, 2.75) is 13.3 Å². The highest BCUT2D eigenvalue weighted by atomic mass is 16.6. The number of hydrogen-bond acceptors (Lipinski definition) is 4. The number of carbonyl (C=O) groups is 2. The number of nitrogens with two attached hydrogens (primary N) is 1. The van der Waals surface area contributed by atoms with Gasteiger partial charge in [-0.1, -0.05) is 41.6 Å². The summed E-state index contributed by atoms with van der Waals surface area (Å²) in [6, 6.07) is 16.0. The predicted molar refractivity (Wildman–Crippen MR) is 88.2 cm³/mol. The zero-order valence-corrected chi connectivity index (χ0v) is 12.7. The fourth-order valence-electron chi connectivity index (χ4n) is 1.92. The van der Waals surface area contributed by atoms with Crippen LogP contribution >= 0.6 is 0 Å². The lowest BCUT2D eigenvalue weighted by Crippen LogP contribution is -2.17. The fourth-order valence-corrected chi connectivity index (χ4v) is 1.92. The molecule has 0 heterocycles. The van der Waals surface area contributed by atoms with Gasteiger partial charge in [0.25, 0.3) is 0 Å². The molecule has 0 bridgehead atoms. The number of oxime groups is 1. The van der Waals surface area contributed by atoms with Crippen LogP contribution in [0.15, 0.2) is 59.8 Å². The number of nitrogens with one attached hydrogen (secondary N) is 1. The lowest BCUT2D eigenvalue weighted by Gasteiger charge is -2.07. The Balaban J connectivity index is 2.20. The van der Waals surface area contributed by atoms with Gasteiger partial charge in [-0.05, 0) is 17.7 Å². The summed E-state index contributed by atoms with van der Waals surface area (Å²) in [7, 11) is 0. The maximum absolute atomic E-state index is 11.2. The minimum absolute atomic E-state index is 0.0323. The Morgan fingerprint density at radius 3 is 2.52 bits per heavy atom. The first kappa shape index (κ1) is 16.2. The molecule has 6 nitrogen and oxygen atoms in total. The van der Waals surface area contributed by atoms with Gasteiger partial charge in [-0.2, -0.15) is 0 Å². The molecular formula is C17H17N3O3. The first-order valence-electron chi connectivity index (χ1n) is 7.00. The molecule has 0 radical (unpaired) electrons. The summed E-state index contributed by atoms with van der Waals surface area (Å²) in [5, 5.41) is 6.68. The monoisotopic (exact) mass is 311 g/mol. The van der Waals surface area contributed by atoms with E-state index in [9.17, 15) is 9.59 Å². The van der Waals surface area contributed by atoms with E-state index in [2.05, 4.69) is 10.5 Å². The van der Waals surface area contributed by atoms with E-state index >= 15 is 0 Å². The lowest BCUT2D eigenvalue weighted by atomic mass is 10.1. The second-order valence-corrected chi connectivity index (χ2v) is 4.85. The summed E-state index contributed by atoms with van der Waals surface area (Å²) in [6.07, 6.45) is -0.0323. The number of amides is 2. The molecule has 0 saturated heterocycles. The summed E-state index contributed by atoms with van der Waals surface area (Å²) < 4.78 is 0. The molecule has 2 aromatic carbocycles. The predicted octanol–water partition coefficient (Wildman–Crippen LogP) is 2.30. The average Bonchev–Trinajstić information content (AvgIpc) is 2.51. The molecule has 3 N–H and O–H groups in total. The van der Waals surface area contributed by atoms with E-state index in [1.54, 1.807) is 24.3 Å². The van der Waals surface area contributed by atoms with Crippen molar-refractivity contribution in [1.82, 2.24) is 0 Å². The molecule has 2 amide bonds. The van der Waals surface area contributed by atoms with Crippen molar-refractivity contribution in [1.29, 1.82) is 0 Å². The number of nitrogens with zero attached hydrogens (tertiary/aromatic N) is 1. The maximum atomic E-state index is 11.2. The van der Waals surface area contributed by atoms with Gasteiger partial charge in [0.05, 0.1) is 12.1 Å². The molecule has 0 atom stereocenters. The molecule has 0 aromatic heterocycles. The highest BCUT2D eigenvalue weighted by Gasteiger charge is 2.08. The molecule has 2 aromatic rings. The van der Waals surface area contributed by atoms with Crippen LogP contribution in [0.3, 0.4) is 0 Å². The van der Waals surface area contributed by atoms with Crippen molar-refractivity contribution in [3.05, 3.63) is 60.2 Å². The van der Waals surface area contributed by atoms with Crippen molar-refractivity contribution in [2.24, 2.45) is 10.9 Å². The fraction of sp³-hybridized carbons (Fsp3) is 0.118. The normalized spacial score (nSPS) is 10.9. The highest BCUT2D eigenvalue weighted by molar-refractivity contribution is 6.09. The van der Waals surface area contributed by atoms with Crippen molar-refractivity contribution in [2.75, 3.05) is 5.32 Å². The molecule has 0 aliphatic rings. The van der Waals surface area contributed by atoms with Crippen LogP contribution in [0.4, 0.5) is 5.69 Å². The largest absolute Gasteiger partial charge is 0.369 e. The van der Waals surface area contributed by atoms with Gasteiger partial charge < -0.3 is 15.9 Å². The minimum Gasteiger partial charge on any atom is -0.369 e. The third-order valence-corrected chi connectivity index (χ3v) is 2.86. The molecule has 0 saturated carbocycles. The Morgan fingerprint density at radius 1 is 1.13 bits per heavy atom. The topological polar surface area (TPSA) is 93.8 Å². The SMILES string of the molecule is CC(=O)Nc1cccc(O/N=C(\CC(N)=O)c2ccccc2)c1. The van der Waals surface area contributed by atoms with Crippen molar-refractivity contribution in [3.8, 4) is 5.75 Å². The third kappa shape index (κ3) is 5.28. The smallest absolute Gasteiger partial charge is 0.223 e. The van der Waals surface area contributed by atoms with Crippen LogP contribution in [0.25, 0.3) is 0 Å². The zero-order chi connectivity index (χ0) is 16.7. The molecule has 0 fully saturated rings. The van der Waals surface area contributed by atoms with E-state index < -0.39 is 5.91 Å². The number of anilines is 1. The summed E-state index contributed by atoms with van der Waals surface area (Å²) in [5.74, 6) is -0.235. The van der Waals surface area contributed by atoms with Crippen LogP contribution in [0.1, 0.15) is 18.9 Å². The number of primary amides is 1. The molecule has 0 aliphatic heterocycles. The third-order valence-electron chi connectivity index (χ3n) is 2.86. The van der Waals surface area contributed by atoms with E-state index in [1.807, 2.05) is 30.3 Å². The van der Waals surface area contributed by atoms with Crippen LogP contribution in [-0.4, -0.2) is 17.5 Å². The van der Waals surface area contributed by atoms with E-state index in [1.165, 1.54) is 6.92 Å². The van der Waals surface area contributed by atoms with E-state index in [-0.39, 0.29) is 12.3 Å². The van der Waals surface area contributed by atoms with Crippen LogP contribution in [0.5, 0.6) is 5.75 Å². The molecule has 0 aliphatic carbocycles. The van der Waals surface area contributed by atoms with Crippen LogP contribution in [0, 0.1) is 0 Å². The molecule has 6 heteroatoms. The van der Waals surface area contributed by atoms with Gasteiger partial charge >= 0.3 is 0 Å². The minimum atomic E-state index is -0.497. The summed E-state index contributed by atoms with van der Waals surface area (Å²) in [6.45, 7) is 1.42. The van der Waals surface area contributed by atoms with Gasteiger partial charge in [0.1, 0.15) is 0 Å². The second-order valence-electron chi connectivity index (χ2n) is 4.85. The number of rotatable bonds is 6. The van der Waals surface area contributed by atoms with E-state index in [4.69, 9.17) is 10.6 Å². The molecule has 0 spiro atoms. The average molecular weight is 311 g/mol. The molecule has 118 valence electrons. The van der Waals surface area contributed by atoms with Crippen molar-refractivity contribution < 1.29 is 14.4 Å². The van der Waals surface area contributed by atoms with Crippen molar-refractivity contribution in [3.63, 3.8) is 0 Å². The number of benzene rings is 2. The van der Waals surface area contributed by atoms with Crippen molar-refractivity contribution >= 4 is 23.2 Å². The Labute approximate surface area is 133 Å². The Morgan fingerprint density at radius 2 is 1.87 bits per heavy atom. The first-order chi connectivity index (χ1) is 11.0. The number of hydrogen-bond donors (Lipinski definition) is 2. The van der Waals surface area contributed by atoms with Gasteiger partial charge in [0, 0.05) is 18.7 Å².